The van der Waals surface area contributed by atoms with Gasteiger partial charge in [0, 0.05) is 12.2 Å². The van der Waals surface area contributed by atoms with Gasteiger partial charge < -0.3 is 34.7 Å². The molecule has 3 N–H and O–H groups in total. The van der Waals surface area contributed by atoms with Crippen LogP contribution in [0.2, 0.25) is 10.0 Å². The van der Waals surface area contributed by atoms with Gasteiger partial charge in [-0.3, -0.25) is 4.79 Å². The molecule has 1 unspecified atom stereocenters. The van der Waals surface area contributed by atoms with Gasteiger partial charge in [-0.1, -0.05) is 47.5 Å². The van der Waals surface area contributed by atoms with Crippen LogP contribution in [0.4, 0.5) is 0 Å². The van der Waals surface area contributed by atoms with Crippen molar-refractivity contribution in [2.24, 2.45) is 0 Å². The van der Waals surface area contributed by atoms with E-state index in [2.05, 4.69) is 10.6 Å². The molecule has 1 heterocycles. The highest BCUT2D eigenvalue weighted by Gasteiger charge is 2.40. The first-order valence-corrected chi connectivity index (χ1v) is 14.0. The number of carboxylic acids is 1. The third-order valence-electron chi connectivity index (χ3n) is 6.39. The number of allylic oxidation sites excluding steroid dienone is 1. The van der Waals surface area contributed by atoms with Crippen LogP contribution in [0.3, 0.4) is 0 Å². The highest BCUT2D eigenvalue weighted by Crippen LogP contribution is 2.43. The number of hydrogen-bond acceptors (Lipinski definition) is 9. The molecule has 1 atom stereocenters. The number of dihydropyridines is 1. The number of hydrogen-bond donors (Lipinski definition) is 3. The third kappa shape index (κ3) is 8.35. The quantitative estimate of drug-likeness (QED) is 0.205. The van der Waals surface area contributed by atoms with Crippen LogP contribution in [0.15, 0.2) is 65.0 Å². The Bertz CT molecular complexity index is 1440. The normalized spacial score (nSPS) is 14.7. The Morgan fingerprint density at radius 1 is 0.930 bits per heavy atom. The number of amides is 1. The zero-order valence-electron chi connectivity index (χ0n) is 23.8. The largest absolute Gasteiger partial charge is 0.478 e. The first kappa shape index (κ1) is 33.6. The lowest BCUT2D eigenvalue weighted by Crippen LogP contribution is -2.35. The summed E-state index contributed by atoms with van der Waals surface area (Å²) in [6.07, 6.45) is 0. The first-order chi connectivity index (χ1) is 20.6. The van der Waals surface area contributed by atoms with Crippen LogP contribution in [0.5, 0.6) is 0 Å². The molecule has 1 aliphatic heterocycles. The van der Waals surface area contributed by atoms with E-state index in [0.717, 1.165) is 0 Å². The van der Waals surface area contributed by atoms with Crippen LogP contribution in [0, 0.1) is 0 Å². The van der Waals surface area contributed by atoms with E-state index in [4.69, 9.17) is 42.1 Å². The van der Waals surface area contributed by atoms with Crippen molar-refractivity contribution in [3.05, 3.63) is 91.7 Å². The topological polar surface area (TPSA) is 149 Å². The molecule has 0 aromatic heterocycles. The van der Waals surface area contributed by atoms with Gasteiger partial charge in [0.1, 0.15) is 0 Å². The third-order valence-corrected chi connectivity index (χ3v) is 7.22. The van der Waals surface area contributed by atoms with Gasteiger partial charge in [0.15, 0.2) is 0 Å². The van der Waals surface area contributed by atoms with E-state index in [9.17, 15) is 24.3 Å². The molecular formula is C30H32Cl2N2O9. The molecule has 230 valence electrons. The Hall–Kier alpha value is -3.90. The molecule has 0 bridgehead atoms. The molecule has 43 heavy (non-hydrogen) atoms. The van der Waals surface area contributed by atoms with Crippen molar-refractivity contribution in [2.45, 2.75) is 19.8 Å². The van der Waals surface area contributed by atoms with E-state index in [1.165, 1.54) is 19.2 Å². The van der Waals surface area contributed by atoms with Gasteiger partial charge >= 0.3 is 17.9 Å². The van der Waals surface area contributed by atoms with Gasteiger partial charge in [0.2, 0.25) is 0 Å². The Kier molecular flexibility index (Phi) is 12.6. The minimum Gasteiger partial charge on any atom is -0.478 e. The second-order valence-electron chi connectivity index (χ2n) is 9.12. The number of ether oxygens (including phenoxy) is 4. The number of carboxylic acid groups (broad SMARTS) is 1. The van der Waals surface area contributed by atoms with Crippen molar-refractivity contribution in [3.63, 3.8) is 0 Å². The maximum absolute atomic E-state index is 13.3. The van der Waals surface area contributed by atoms with Crippen LogP contribution in [-0.4, -0.2) is 75.6 Å². The number of esters is 2. The highest BCUT2D eigenvalue weighted by molar-refractivity contribution is 6.42. The molecule has 0 saturated heterocycles. The lowest BCUT2D eigenvalue weighted by Gasteiger charge is -2.31. The number of carbonyl (C=O) groups is 4. The highest BCUT2D eigenvalue weighted by atomic mass is 35.5. The fourth-order valence-corrected chi connectivity index (χ4v) is 4.91. The SMILES string of the molecule is CCOC(=O)C1=C(COCCOCCNC(=O)c2ccccc2C(=O)O)NC(C)=C(C(=O)OC)C1c1cccc(Cl)c1Cl. The molecule has 11 nitrogen and oxygen atoms in total. The van der Waals surface area contributed by atoms with Gasteiger partial charge in [-0.15, -0.1) is 0 Å². The summed E-state index contributed by atoms with van der Waals surface area (Å²) in [6.45, 7) is 3.97. The number of halogens is 2. The summed E-state index contributed by atoms with van der Waals surface area (Å²) >= 11 is 12.8. The number of aromatic carboxylic acids is 1. The molecule has 1 amide bonds. The summed E-state index contributed by atoms with van der Waals surface area (Å²) in [5.41, 5.74) is 1.50. The first-order valence-electron chi connectivity index (χ1n) is 13.3. The Balaban J connectivity index is 1.67. The molecule has 0 spiro atoms. The number of benzene rings is 2. The molecule has 0 saturated carbocycles. The van der Waals surface area contributed by atoms with Gasteiger partial charge in [-0.05, 0) is 37.6 Å². The van der Waals surface area contributed by atoms with Crippen molar-refractivity contribution in [2.75, 3.05) is 46.7 Å². The lowest BCUT2D eigenvalue weighted by molar-refractivity contribution is -0.139. The Labute approximate surface area is 258 Å². The minimum absolute atomic E-state index is 0.0549. The van der Waals surface area contributed by atoms with Crippen molar-refractivity contribution in [3.8, 4) is 0 Å². The molecular weight excluding hydrogens is 603 g/mol. The van der Waals surface area contributed by atoms with E-state index in [0.29, 0.717) is 17.0 Å². The lowest BCUT2D eigenvalue weighted by atomic mass is 9.80. The summed E-state index contributed by atoms with van der Waals surface area (Å²) in [7, 11) is 1.24. The summed E-state index contributed by atoms with van der Waals surface area (Å²) < 4.78 is 21.7. The zero-order valence-corrected chi connectivity index (χ0v) is 25.3. The summed E-state index contributed by atoms with van der Waals surface area (Å²) in [5.74, 6) is -3.98. The molecule has 3 rings (SSSR count). The van der Waals surface area contributed by atoms with Crippen LogP contribution in [0.1, 0.15) is 46.0 Å². The molecule has 1 aliphatic rings. The van der Waals surface area contributed by atoms with E-state index in [1.807, 2.05) is 0 Å². The van der Waals surface area contributed by atoms with Gasteiger partial charge in [-0.25, -0.2) is 14.4 Å². The number of nitrogens with one attached hydrogen (secondary N) is 2. The van der Waals surface area contributed by atoms with E-state index < -0.39 is 29.7 Å². The van der Waals surface area contributed by atoms with Crippen molar-refractivity contribution < 1.29 is 43.2 Å². The monoisotopic (exact) mass is 634 g/mol. The average molecular weight is 635 g/mol. The maximum atomic E-state index is 13.3. The predicted octanol–water partition coefficient (Wildman–Crippen LogP) is 4.11. The Morgan fingerprint density at radius 2 is 1.63 bits per heavy atom. The minimum atomic E-state index is -1.19. The summed E-state index contributed by atoms with van der Waals surface area (Å²) in [4.78, 5) is 49.8. The number of carbonyl (C=O) groups excluding carboxylic acids is 3. The van der Waals surface area contributed by atoms with Crippen molar-refractivity contribution in [1.29, 1.82) is 0 Å². The molecule has 0 radical (unpaired) electrons. The summed E-state index contributed by atoms with van der Waals surface area (Å²) in [5, 5.41) is 15.4. The smallest absolute Gasteiger partial charge is 0.336 e. The molecule has 0 fully saturated rings. The van der Waals surface area contributed by atoms with E-state index in [1.54, 1.807) is 44.2 Å². The maximum Gasteiger partial charge on any atom is 0.336 e. The van der Waals surface area contributed by atoms with Crippen LogP contribution in [-0.2, 0) is 28.5 Å². The molecule has 2 aromatic rings. The fourth-order valence-electron chi connectivity index (χ4n) is 4.49. The van der Waals surface area contributed by atoms with Crippen LogP contribution >= 0.6 is 23.2 Å². The Morgan fingerprint density at radius 3 is 2.30 bits per heavy atom. The standard InChI is InChI=1S/C30H32Cl2N2O9/c1-4-43-30(39)25-22(34-17(2)23(29(38)40-3)24(25)20-10-7-11-21(31)26(20)32)16-42-15-14-41-13-12-33-27(35)18-8-5-6-9-19(18)28(36)37/h5-11,24,34H,4,12-16H2,1-3H3,(H,33,35)(H,36,37). The summed E-state index contributed by atoms with van der Waals surface area (Å²) in [6, 6.07) is 10.8. The zero-order chi connectivity index (χ0) is 31.5. The second-order valence-corrected chi connectivity index (χ2v) is 9.90. The molecule has 0 aliphatic carbocycles. The van der Waals surface area contributed by atoms with Gasteiger partial charge in [0.05, 0.1) is 84.1 Å². The number of rotatable bonds is 14. The average Bonchev–Trinajstić information content (AvgIpc) is 2.99. The molecule has 13 heteroatoms. The van der Waals surface area contributed by atoms with E-state index >= 15 is 0 Å². The van der Waals surface area contributed by atoms with Crippen molar-refractivity contribution in [1.82, 2.24) is 10.6 Å². The van der Waals surface area contributed by atoms with E-state index in [-0.39, 0.29) is 71.9 Å². The predicted molar refractivity (Wildman–Crippen MR) is 158 cm³/mol. The van der Waals surface area contributed by atoms with Crippen molar-refractivity contribution >= 4 is 47.0 Å². The fraction of sp³-hybridized carbons (Fsp3) is 0.333. The second kappa shape index (κ2) is 16.1. The molecule has 2 aromatic carbocycles. The van der Waals surface area contributed by atoms with Gasteiger partial charge in [-0.2, -0.15) is 0 Å². The van der Waals surface area contributed by atoms with Crippen LogP contribution in [0.25, 0.3) is 0 Å². The van der Waals surface area contributed by atoms with Crippen LogP contribution < -0.4 is 10.6 Å². The number of methoxy groups -OCH3 is 1. The van der Waals surface area contributed by atoms with Gasteiger partial charge in [0.25, 0.3) is 5.91 Å².